The molecule has 2 unspecified atom stereocenters. The number of nitrogens with zero attached hydrogens (tertiary/aromatic N) is 3. The molecule has 1 amide bonds. The first kappa shape index (κ1) is 20.6. The number of rotatable bonds is 5. The number of hydrogen-bond acceptors (Lipinski definition) is 7. The summed E-state index contributed by atoms with van der Waals surface area (Å²) in [7, 11) is 0. The SMILES string of the molecule is CC1CN(c2c(CO)nc3c(C(=O)NCc4ccccc4)noc3c2Cl)CC(C)O1. The highest BCUT2D eigenvalue weighted by Crippen LogP contribution is 2.37. The highest BCUT2D eigenvalue weighted by atomic mass is 35.5. The van der Waals surface area contributed by atoms with Crippen LogP contribution >= 0.6 is 11.6 Å². The maximum absolute atomic E-state index is 12.7. The number of aromatic nitrogens is 2. The Morgan fingerprint density at radius 1 is 1.27 bits per heavy atom. The average Bonchev–Trinajstić information content (AvgIpc) is 3.16. The third-order valence-corrected chi connectivity index (χ3v) is 5.34. The van der Waals surface area contributed by atoms with Crippen LogP contribution in [-0.4, -0.2) is 46.5 Å². The topological polar surface area (TPSA) is 101 Å². The first-order chi connectivity index (χ1) is 14.5. The Morgan fingerprint density at radius 3 is 2.63 bits per heavy atom. The van der Waals surface area contributed by atoms with E-state index in [0.717, 1.165) is 5.56 Å². The molecule has 8 nitrogen and oxygen atoms in total. The van der Waals surface area contributed by atoms with E-state index in [4.69, 9.17) is 20.9 Å². The van der Waals surface area contributed by atoms with Gasteiger partial charge in [0.2, 0.25) is 5.58 Å². The van der Waals surface area contributed by atoms with Crippen molar-refractivity contribution in [2.24, 2.45) is 0 Å². The molecule has 1 fully saturated rings. The Bertz CT molecular complexity index is 1050. The molecular formula is C21H23ClN4O4. The van der Waals surface area contributed by atoms with E-state index < -0.39 is 5.91 Å². The van der Waals surface area contributed by atoms with E-state index >= 15 is 0 Å². The van der Waals surface area contributed by atoms with Gasteiger partial charge in [-0.3, -0.25) is 4.79 Å². The van der Waals surface area contributed by atoms with Gasteiger partial charge in [-0.1, -0.05) is 47.1 Å². The van der Waals surface area contributed by atoms with Crippen molar-refractivity contribution in [2.45, 2.75) is 39.2 Å². The molecule has 0 radical (unpaired) electrons. The van der Waals surface area contributed by atoms with Crippen LogP contribution in [-0.2, 0) is 17.9 Å². The summed E-state index contributed by atoms with van der Waals surface area (Å²) in [6, 6.07) is 9.54. The number of hydrogen-bond donors (Lipinski definition) is 2. The molecule has 2 aromatic heterocycles. The maximum Gasteiger partial charge on any atom is 0.276 e. The zero-order chi connectivity index (χ0) is 21.3. The van der Waals surface area contributed by atoms with E-state index in [-0.39, 0.29) is 40.6 Å². The first-order valence-corrected chi connectivity index (χ1v) is 10.2. The Morgan fingerprint density at radius 2 is 1.97 bits per heavy atom. The molecule has 9 heteroatoms. The maximum atomic E-state index is 12.7. The highest BCUT2D eigenvalue weighted by Gasteiger charge is 2.30. The van der Waals surface area contributed by atoms with Crippen molar-refractivity contribution in [1.29, 1.82) is 0 Å². The number of aliphatic hydroxyl groups is 1. The number of ether oxygens (including phenoxy) is 1. The minimum atomic E-state index is -0.425. The molecule has 0 bridgehead atoms. The quantitative estimate of drug-likeness (QED) is 0.641. The fraction of sp³-hybridized carbons (Fsp3) is 0.381. The van der Waals surface area contributed by atoms with Crippen molar-refractivity contribution in [1.82, 2.24) is 15.5 Å². The van der Waals surface area contributed by atoms with E-state index in [9.17, 15) is 9.90 Å². The summed E-state index contributed by atoms with van der Waals surface area (Å²) >= 11 is 6.65. The standard InChI is InChI=1S/C21H23ClN4O4/c1-12-9-26(10-13(2)29-12)19-15(11-27)24-17-18(25-30-20(17)16(19)22)21(28)23-8-14-6-4-3-5-7-14/h3-7,12-13,27H,8-11H2,1-2H3,(H,23,28). The number of aliphatic hydroxyl groups excluding tert-OH is 1. The second-order valence-electron chi connectivity index (χ2n) is 7.42. The van der Waals surface area contributed by atoms with E-state index in [0.29, 0.717) is 31.0 Å². The molecule has 3 aromatic rings. The molecule has 3 heterocycles. The largest absolute Gasteiger partial charge is 0.390 e. The molecule has 1 saturated heterocycles. The summed E-state index contributed by atoms with van der Waals surface area (Å²) in [6.07, 6.45) is 0.00205. The summed E-state index contributed by atoms with van der Waals surface area (Å²) < 4.78 is 11.2. The lowest BCUT2D eigenvalue weighted by molar-refractivity contribution is -0.00533. The lowest BCUT2D eigenvalue weighted by atomic mass is 10.1. The zero-order valence-electron chi connectivity index (χ0n) is 16.8. The van der Waals surface area contributed by atoms with Crippen LogP contribution in [0.2, 0.25) is 5.02 Å². The van der Waals surface area contributed by atoms with Crippen molar-refractivity contribution < 1.29 is 19.2 Å². The first-order valence-electron chi connectivity index (χ1n) is 9.79. The second kappa shape index (κ2) is 8.59. The molecule has 0 aliphatic carbocycles. The average molecular weight is 431 g/mol. The van der Waals surface area contributed by atoms with Gasteiger partial charge in [-0.2, -0.15) is 0 Å². The molecule has 2 N–H and O–H groups in total. The number of carbonyl (C=O) groups excluding carboxylic acids is 1. The van der Waals surface area contributed by atoms with Gasteiger partial charge in [-0.05, 0) is 19.4 Å². The highest BCUT2D eigenvalue weighted by molar-refractivity contribution is 6.37. The molecule has 1 aliphatic rings. The lowest BCUT2D eigenvalue weighted by Gasteiger charge is -2.37. The van der Waals surface area contributed by atoms with Gasteiger partial charge in [0.25, 0.3) is 5.91 Å². The van der Waals surface area contributed by atoms with E-state index in [1.807, 2.05) is 49.1 Å². The molecule has 0 spiro atoms. The Labute approximate surface area is 178 Å². The van der Waals surface area contributed by atoms with Gasteiger partial charge in [0, 0.05) is 19.6 Å². The number of nitrogens with one attached hydrogen (secondary N) is 1. The van der Waals surface area contributed by atoms with Crippen molar-refractivity contribution in [3.63, 3.8) is 0 Å². The second-order valence-corrected chi connectivity index (χ2v) is 7.80. The van der Waals surface area contributed by atoms with Gasteiger partial charge in [-0.15, -0.1) is 0 Å². The summed E-state index contributed by atoms with van der Waals surface area (Å²) in [5.74, 6) is -0.425. The normalized spacial score (nSPS) is 19.3. The van der Waals surface area contributed by atoms with Gasteiger partial charge < -0.3 is 24.6 Å². The van der Waals surface area contributed by atoms with E-state index in [1.165, 1.54) is 0 Å². The van der Waals surface area contributed by atoms with Gasteiger partial charge in [-0.25, -0.2) is 4.98 Å². The molecule has 0 saturated carbocycles. The zero-order valence-corrected chi connectivity index (χ0v) is 17.5. The molecule has 2 atom stereocenters. The fourth-order valence-corrected chi connectivity index (χ4v) is 4.11. The molecule has 4 rings (SSSR count). The smallest absolute Gasteiger partial charge is 0.276 e. The lowest BCUT2D eigenvalue weighted by Crippen LogP contribution is -2.46. The minimum Gasteiger partial charge on any atom is -0.390 e. The van der Waals surface area contributed by atoms with Crippen molar-refractivity contribution in [2.75, 3.05) is 18.0 Å². The number of amides is 1. The predicted octanol–water partition coefficient (Wildman–Crippen LogP) is 2.91. The number of carbonyl (C=O) groups is 1. The van der Waals surface area contributed by atoms with Crippen molar-refractivity contribution in [3.8, 4) is 0 Å². The molecule has 158 valence electrons. The number of anilines is 1. The van der Waals surface area contributed by atoms with Crippen LogP contribution in [0.25, 0.3) is 11.1 Å². The van der Waals surface area contributed by atoms with Crippen LogP contribution in [0.4, 0.5) is 5.69 Å². The van der Waals surface area contributed by atoms with Crippen LogP contribution in [0.3, 0.4) is 0 Å². The molecule has 1 aliphatic heterocycles. The van der Waals surface area contributed by atoms with Crippen molar-refractivity contribution >= 4 is 34.3 Å². The third-order valence-electron chi connectivity index (χ3n) is 4.99. The van der Waals surface area contributed by atoms with Crippen LogP contribution < -0.4 is 10.2 Å². The number of pyridine rings is 1. The van der Waals surface area contributed by atoms with E-state index in [2.05, 4.69) is 15.5 Å². The van der Waals surface area contributed by atoms with Gasteiger partial charge >= 0.3 is 0 Å². The molecular weight excluding hydrogens is 408 g/mol. The van der Waals surface area contributed by atoms with Crippen LogP contribution in [0.15, 0.2) is 34.9 Å². The number of benzene rings is 1. The Balaban J connectivity index is 1.66. The summed E-state index contributed by atoms with van der Waals surface area (Å²) in [6.45, 7) is 5.17. The number of fused-ring (bicyclic) bond motifs is 1. The van der Waals surface area contributed by atoms with Gasteiger partial charge in [0.05, 0.1) is 30.2 Å². The monoisotopic (exact) mass is 430 g/mol. The summed E-state index contributed by atoms with van der Waals surface area (Å²) in [5.41, 5.74) is 2.40. The minimum absolute atomic E-state index is 0.00103. The fourth-order valence-electron chi connectivity index (χ4n) is 3.76. The third kappa shape index (κ3) is 3.98. The summed E-state index contributed by atoms with van der Waals surface area (Å²) in [5, 5.41) is 16.9. The summed E-state index contributed by atoms with van der Waals surface area (Å²) in [4.78, 5) is 19.2. The van der Waals surface area contributed by atoms with Gasteiger partial charge in [0.15, 0.2) is 5.69 Å². The van der Waals surface area contributed by atoms with Crippen molar-refractivity contribution in [3.05, 3.63) is 52.3 Å². The van der Waals surface area contributed by atoms with E-state index in [1.54, 1.807) is 0 Å². The van der Waals surface area contributed by atoms with Crippen LogP contribution in [0.1, 0.15) is 35.6 Å². The van der Waals surface area contributed by atoms with Gasteiger partial charge in [0.1, 0.15) is 10.5 Å². The van der Waals surface area contributed by atoms with Crippen LogP contribution in [0.5, 0.6) is 0 Å². The van der Waals surface area contributed by atoms with Crippen LogP contribution in [0, 0.1) is 0 Å². The number of halogens is 1. The Hall–Kier alpha value is -2.68. The predicted molar refractivity (Wildman–Crippen MR) is 113 cm³/mol. The molecule has 30 heavy (non-hydrogen) atoms. The number of morpholine rings is 1. The molecule has 1 aromatic carbocycles. The Kier molecular flexibility index (Phi) is 5.90.